The van der Waals surface area contributed by atoms with Crippen molar-refractivity contribution in [3.8, 4) is 22.6 Å². The summed E-state index contributed by atoms with van der Waals surface area (Å²) in [5, 5.41) is 6.06. The number of rotatable bonds is 14. The molecule has 1 atom stereocenters. The highest BCUT2D eigenvalue weighted by molar-refractivity contribution is 6.34. The third-order valence-corrected chi connectivity index (χ3v) is 11.4. The predicted octanol–water partition coefficient (Wildman–Crippen LogP) is 5.96. The van der Waals surface area contributed by atoms with Crippen molar-refractivity contribution in [2.75, 3.05) is 44.2 Å². The molecule has 0 saturated carbocycles. The maximum absolute atomic E-state index is 16.4. The first-order valence-electron chi connectivity index (χ1n) is 20.0. The zero-order valence-electron chi connectivity index (χ0n) is 33.1. The fourth-order valence-electron chi connectivity index (χ4n) is 7.95. The maximum Gasteiger partial charge on any atom is 0.255 e. The summed E-state index contributed by atoms with van der Waals surface area (Å²) in [6.07, 6.45) is 3.59. The van der Waals surface area contributed by atoms with Crippen LogP contribution < -0.4 is 25.0 Å². The van der Waals surface area contributed by atoms with Gasteiger partial charge in [-0.1, -0.05) is 54.6 Å². The number of ether oxygens (including phenoxy) is 2. The average Bonchev–Trinajstić information content (AvgIpc) is 3.60. The SMILES string of the molecule is C=CC(=O)N1CCN(c2ncnc3c(F)c(-c4c(F)cccc4OCCCNCc4ccc(COc5cccc6c5CN([C@H]5CCC(=O)NC5=O)C6=O)cc4)c(Cl)cc23)CC1. The molecule has 3 aliphatic heterocycles. The number of benzene rings is 4. The Labute approximate surface area is 355 Å². The lowest BCUT2D eigenvalue weighted by molar-refractivity contribution is -0.137. The zero-order valence-corrected chi connectivity index (χ0v) is 33.9. The second-order valence-corrected chi connectivity index (χ2v) is 15.3. The van der Waals surface area contributed by atoms with Crippen LogP contribution in [0.2, 0.25) is 5.02 Å². The van der Waals surface area contributed by atoms with Gasteiger partial charge in [-0.15, -0.1) is 0 Å². The lowest BCUT2D eigenvalue weighted by Gasteiger charge is -2.35. The van der Waals surface area contributed by atoms with Crippen molar-refractivity contribution in [1.82, 2.24) is 30.4 Å². The molecule has 8 rings (SSSR count). The number of aromatic nitrogens is 2. The first kappa shape index (κ1) is 41.3. The number of imide groups is 1. The second-order valence-electron chi connectivity index (χ2n) is 14.9. The number of piperazine rings is 1. The molecule has 2 N–H and O–H groups in total. The van der Waals surface area contributed by atoms with E-state index < -0.39 is 23.6 Å². The van der Waals surface area contributed by atoms with Gasteiger partial charge in [0.05, 0.1) is 23.7 Å². The molecular formula is C45H42ClF2N7O6. The quantitative estimate of drug-likeness (QED) is 0.0780. The first-order valence-corrected chi connectivity index (χ1v) is 20.4. The van der Waals surface area contributed by atoms with E-state index in [1.54, 1.807) is 35.2 Å². The van der Waals surface area contributed by atoms with Gasteiger partial charge in [0.2, 0.25) is 17.7 Å². The molecule has 4 aromatic carbocycles. The van der Waals surface area contributed by atoms with E-state index in [0.29, 0.717) is 68.2 Å². The molecule has 0 bridgehead atoms. The Morgan fingerprint density at radius 2 is 1.70 bits per heavy atom. The van der Waals surface area contributed by atoms with E-state index in [-0.39, 0.29) is 77.7 Å². The van der Waals surface area contributed by atoms with E-state index in [0.717, 1.165) is 16.7 Å². The highest BCUT2D eigenvalue weighted by atomic mass is 35.5. The number of anilines is 1. The molecule has 1 aromatic heterocycles. The number of nitrogens with one attached hydrogen (secondary N) is 2. The lowest BCUT2D eigenvalue weighted by atomic mass is 10.0. The molecule has 0 aliphatic carbocycles. The predicted molar refractivity (Wildman–Crippen MR) is 224 cm³/mol. The highest BCUT2D eigenvalue weighted by Crippen LogP contribution is 2.43. The van der Waals surface area contributed by atoms with Gasteiger partial charge >= 0.3 is 0 Å². The summed E-state index contributed by atoms with van der Waals surface area (Å²) >= 11 is 6.71. The van der Waals surface area contributed by atoms with Gasteiger partial charge in [0.15, 0.2) is 5.82 Å². The van der Waals surface area contributed by atoms with E-state index in [1.165, 1.54) is 29.4 Å². The third kappa shape index (κ3) is 8.61. The average molecular weight is 850 g/mol. The second kappa shape index (κ2) is 18.0. The van der Waals surface area contributed by atoms with Gasteiger partial charge in [-0.25, -0.2) is 18.7 Å². The van der Waals surface area contributed by atoms with E-state index >= 15 is 8.78 Å². The molecule has 13 nitrogen and oxygen atoms in total. The number of carbonyl (C=O) groups excluding carboxylic acids is 4. The number of nitrogens with zero attached hydrogens (tertiary/aromatic N) is 5. The van der Waals surface area contributed by atoms with Crippen LogP contribution in [-0.4, -0.2) is 88.8 Å². The van der Waals surface area contributed by atoms with Gasteiger partial charge in [0.1, 0.15) is 47.6 Å². The fourth-order valence-corrected chi connectivity index (χ4v) is 8.24. The summed E-state index contributed by atoms with van der Waals surface area (Å²) in [5.41, 5.74) is 2.92. The number of halogens is 3. The largest absolute Gasteiger partial charge is 0.493 e. The van der Waals surface area contributed by atoms with Crippen LogP contribution in [-0.2, 0) is 34.1 Å². The maximum atomic E-state index is 16.4. The first-order chi connectivity index (χ1) is 29.6. The molecule has 4 heterocycles. The van der Waals surface area contributed by atoms with Gasteiger partial charge in [0, 0.05) is 61.2 Å². The summed E-state index contributed by atoms with van der Waals surface area (Å²) < 4.78 is 44.0. The van der Waals surface area contributed by atoms with Crippen molar-refractivity contribution >= 4 is 52.0 Å². The number of hydrogen-bond acceptors (Lipinski definition) is 10. The number of hydrogen-bond donors (Lipinski definition) is 2. The molecule has 0 unspecified atom stereocenters. The van der Waals surface area contributed by atoms with Gasteiger partial charge < -0.3 is 29.5 Å². The molecule has 3 aliphatic rings. The van der Waals surface area contributed by atoms with Crippen LogP contribution in [0.1, 0.15) is 46.3 Å². The summed E-state index contributed by atoms with van der Waals surface area (Å²) in [5.74, 6) is -1.50. The van der Waals surface area contributed by atoms with E-state index in [9.17, 15) is 19.2 Å². The minimum atomic E-state index is -0.792. The van der Waals surface area contributed by atoms with Crippen molar-refractivity contribution in [1.29, 1.82) is 0 Å². The minimum absolute atomic E-state index is 0.00917. The Morgan fingerprint density at radius 1 is 0.951 bits per heavy atom. The molecule has 2 saturated heterocycles. The molecule has 314 valence electrons. The van der Waals surface area contributed by atoms with Gasteiger partial charge in [-0.3, -0.25) is 24.5 Å². The highest BCUT2D eigenvalue weighted by Gasteiger charge is 2.40. The van der Waals surface area contributed by atoms with Crippen LogP contribution in [0.25, 0.3) is 22.0 Å². The molecule has 16 heteroatoms. The Kier molecular flexibility index (Phi) is 12.2. The van der Waals surface area contributed by atoms with E-state index in [1.807, 2.05) is 29.2 Å². The van der Waals surface area contributed by atoms with Crippen LogP contribution in [0.15, 0.2) is 85.7 Å². The summed E-state index contributed by atoms with van der Waals surface area (Å²) in [7, 11) is 0. The van der Waals surface area contributed by atoms with Crippen LogP contribution in [0, 0.1) is 11.6 Å². The van der Waals surface area contributed by atoms with Crippen molar-refractivity contribution < 1.29 is 37.4 Å². The normalized spacial score (nSPS) is 16.5. The molecule has 5 aromatic rings. The molecule has 0 spiro atoms. The molecular weight excluding hydrogens is 808 g/mol. The third-order valence-electron chi connectivity index (χ3n) is 11.1. The van der Waals surface area contributed by atoms with Crippen molar-refractivity contribution in [2.24, 2.45) is 0 Å². The number of carbonyl (C=O) groups is 4. The van der Waals surface area contributed by atoms with Crippen LogP contribution in [0.4, 0.5) is 14.6 Å². The molecule has 61 heavy (non-hydrogen) atoms. The minimum Gasteiger partial charge on any atom is -0.493 e. The number of piperidine rings is 1. The summed E-state index contributed by atoms with van der Waals surface area (Å²) in [4.78, 5) is 63.0. The standard InChI is InChI=1S/C45H42ClF2N7O6/c1-2-38(57)53-17-19-54(20-18-53)43-30-22-32(46)39(41(48)42(30)50-26-51-43)40-33(47)7-4-9-36(40)60-21-5-16-49-23-27-10-12-28(13-11-27)25-61-35-8-3-6-29-31(35)24-55(45(29)59)34-14-15-37(56)52-44(34)58/h2-4,6-13,22,26,34,49H,1,5,14-21,23-25H2,(H,52,56,58)/t34-/m0/s1. The van der Waals surface area contributed by atoms with Gasteiger partial charge in [-0.2, -0.15) is 0 Å². The number of fused-ring (bicyclic) bond motifs is 2. The molecule has 0 radical (unpaired) electrons. The van der Waals surface area contributed by atoms with Gasteiger partial charge in [0.25, 0.3) is 5.91 Å². The Balaban J connectivity index is 0.836. The van der Waals surface area contributed by atoms with Crippen molar-refractivity contribution in [2.45, 2.75) is 45.0 Å². The lowest BCUT2D eigenvalue weighted by Crippen LogP contribution is -2.52. The summed E-state index contributed by atoms with van der Waals surface area (Å²) in [6.45, 7) is 7.27. The fraction of sp³-hybridized carbons (Fsp3) is 0.289. The van der Waals surface area contributed by atoms with Crippen molar-refractivity contribution in [3.05, 3.63) is 125 Å². The van der Waals surface area contributed by atoms with Crippen LogP contribution in [0.5, 0.6) is 11.5 Å². The zero-order chi connectivity index (χ0) is 42.6. The topological polar surface area (TPSA) is 146 Å². The van der Waals surface area contributed by atoms with Crippen molar-refractivity contribution in [3.63, 3.8) is 0 Å². The van der Waals surface area contributed by atoms with Crippen LogP contribution >= 0.6 is 11.6 Å². The smallest absolute Gasteiger partial charge is 0.255 e. The molecule has 2 fully saturated rings. The summed E-state index contributed by atoms with van der Waals surface area (Å²) in [6, 6.07) is 18.3. The Hall–Kier alpha value is -6.45. The van der Waals surface area contributed by atoms with E-state index in [2.05, 4.69) is 27.2 Å². The molecule has 4 amide bonds. The Bertz CT molecular complexity index is 2530. The van der Waals surface area contributed by atoms with Crippen LogP contribution in [0.3, 0.4) is 0 Å². The van der Waals surface area contributed by atoms with E-state index in [4.69, 9.17) is 21.1 Å². The Morgan fingerprint density at radius 3 is 2.48 bits per heavy atom. The monoisotopic (exact) mass is 849 g/mol. The van der Waals surface area contributed by atoms with Gasteiger partial charge in [-0.05, 0) is 66.9 Å². The number of amides is 4.